The Morgan fingerprint density at radius 2 is 1.68 bits per heavy atom. The van der Waals surface area contributed by atoms with Gasteiger partial charge in [0, 0.05) is 24.5 Å². The molecule has 170 valence electrons. The van der Waals surface area contributed by atoms with Crippen LogP contribution < -0.4 is 5.32 Å². The van der Waals surface area contributed by atoms with Crippen LogP contribution in [-0.4, -0.2) is 24.5 Å². The lowest BCUT2D eigenvalue weighted by Crippen LogP contribution is -2.05. The molecule has 0 spiro atoms. The Balaban J connectivity index is 1.55. The second-order valence-electron chi connectivity index (χ2n) is 7.60. The van der Waals surface area contributed by atoms with E-state index in [1.807, 2.05) is 4.40 Å². The number of hydrogen-bond donors (Lipinski definition) is 2. The van der Waals surface area contributed by atoms with Crippen molar-refractivity contribution in [1.82, 2.24) is 19.4 Å². The molecule has 6 nitrogen and oxygen atoms in total. The van der Waals surface area contributed by atoms with E-state index < -0.39 is 11.6 Å². The van der Waals surface area contributed by atoms with Gasteiger partial charge in [-0.1, -0.05) is 6.07 Å². The molecule has 0 unspecified atom stereocenters. The summed E-state index contributed by atoms with van der Waals surface area (Å²) in [5.41, 5.74) is 4.31. The van der Waals surface area contributed by atoms with Gasteiger partial charge in [0.1, 0.15) is 11.5 Å². The van der Waals surface area contributed by atoms with Crippen molar-refractivity contribution in [3.63, 3.8) is 0 Å². The van der Waals surface area contributed by atoms with Crippen LogP contribution in [0.25, 0.3) is 28.3 Å². The van der Waals surface area contributed by atoms with E-state index in [4.69, 9.17) is 4.98 Å². The molecular weight excluding hydrogens is 443 g/mol. The number of pyridine rings is 1. The molecule has 0 amide bonds. The van der Waals surface area contributed by atoms with Crippen LogP contribution in [0.15, 0.2) is 73.1 Å². The predicted octanol–water partition coefficient (Wildman–Crippen LogP) is 4.98. The van der Waals surface area contributed by atoms with E-state index in [9.17, 15) is 18.3 Å². The zero-order chi connectivity index (χ0) is 23.7. The van der Waals surface area contributed by atoms with Crippen molar-refractivity contribution < 1.29 is 18.3 Å². The Morgan fingerprint density at radius 1 is 0.853 bits per heavy atom. The van der Waals surface area contributed by atoms with Crippen LogP contribution in [0, 0.1) is 17.5 Å². The van der Waals surface area contributed by atoms with E-state index in [1.54, 1.807) is 42.7 Å². The number of anilines is 1. The maximum atomic E-state index is 13.5. The fourth-order valence-electron chi connectivity index (χ4n) is 3.65. The molecule has 0 saturated carbocycles. The standard InChI is InChI=1S/C25H18F3N5O/c26-18-4-2-17(3-5-18)23-24(33-10-8-16(14-34)12-22(33)32-23)21-7-9-29-25(31-21)30-13-15-1-6-19(27)20(28)11-15/h1-12,34H,13-14H2,(H,29,30,31). The lowest BCUT2D eigenvalue weighted by Gasteiger charge is -2.09. The number of nitrogens with zero attached hydrogens (tertiary/aromatic N) is 4. The number of aromatic nitrogens is 4. The van der Waals surface area contributed by atoms with Gasteiger partial charge >= 0.3 is 0 Å². The number of nitrogens with one attached hydrogen (secondary N) is 1. The van der Waals surface area contributed by atoms with E-state index in [0.717, 1.165) is 12.1 Å². The van der Waals surface area contributed by atoms with Gasteiger partial charge in [-0.3, -0.25) is 4.40 Å². The van der Waals surface area contributed by atoms with Crippen LogP contribution in [-0.2, 0) is 13.2 Å². The molecule has 0 bridgehead atoms. The van der Waals surface area contributed by atoms with E-state index in [0.29, 0.717) is 39.4 Å². The first-order valence-electron chi connectivity index (χ1n) is 10.4. The third-order valence-corrected chi connectivity index (χ3v) is 5.32. The van der Waals surface area contributed by atoms with Gasteiger partial charge in [-0.05, 0) is 65.7 Å². The summed E-state index contributed by atoms with van der Waals surface area (Å²) >= 11 is 0. The van der Waals surface area contributed by atoms with Crippen LogP contribution in [0.1, 0.15) is 11.1 Å². The highest BCUT2D eigenvalue weighted by atomic mass is 19.2. The number of halogens is 3. The van der Waals surface area contributed by atoms with Gasteiger partial charge in [0.25, 0.3) is 0 Å². The summed E-state index contributed by atoms with van der Waals surface area (Å²) in [5.74, 6) is -1.91. The Labute approximate surface area is 192 Å². The van der Waals surface area contributed by atoms with E-state index in [-0.39, 0.29) is 24.9 Å². The lowest BCUT2D eigenvalue weighted by atomic mass is 10.1. The molecule has 3 heterocycles. The van der Waals surface area contributed by atoms with Crippen molar-refractivity contribution in [2.75, 3.05) is 5.32 Å². The number of hydrogen-bond acceptors (Lipinski definition) is 5. The molecule has 3 aromatic heterocycles. The van der Waals surface area contributed by atoms with Gasteiger partial charge in [-0.25, -0.2) is 28.1 Å². The summed E-state index contributed by atoms with van der Waals surface area (Å²) in [7, 11) is 0. The van der Waals surface area contributed by atoms with E-state index in [2.05, 4.69) is 15.3 Å². The first-order chi connectivity index (χ1) is 16.5. The monoisotopic (exact) mass is 461 g/mol. The van der Waals surface area contributed by atoms with Crippen LogP contribution >= 0.6 is 0 Å². The zero-order valence-electron chi connectivity index (χ0n) is 17.7. The minimum absolute atomic E-state index is 0.129. The number of imidazole rings is 1. The minimum atomic E-state index is -0.925. The molecule has 0 radical (unpaired) electrons. The van der Waals surface area contributed by atoms with Gasteiger partial charge in [0.05, 0.1) is 23.7 Å². The van der Waals surface area contributed by atoms with Gasteiger partial charge < -0.3 is 10.4 Å². The Kier molecular flexibility index (Phi) is 5.69. The SMILES string of the molecule is OCc1ccn2c(-c3ccnc(NCc4ccc(F)c(F)c4)n3)c(-c3ccc(F)cc3)nc2c1. The molecule has 0 atom stereocenters. The number of aliphatic hydroxyl groups is 1. The second-order valence-corrected chi connectivity index (χ2v) is 7.60. The smallest absolute Gasteiger partial charge is 0.223 e. The van der Waals surface area contributed by atoms with Crippen molar-refractivity contribution in [3.8, 4) is 22.6 Å². The lowest BCUT2D eigenvalue weighted by molar-refractivity contribution is 0.282. The summed E-state index contributed by atoms with van der Waals surface area (Å²) in [5, 5.41) is 12.5. The average molecular weight is 461 g/mol. The fraction of sp³-hybridized carbons (Fsp3) is 0.0800. The topological polar surface area (TPSA) is 75.3 Å². The quantitative estimate of drug-likeness (QED) is 0.373. The molecule has 0 aliphatic carbocycles. The van der Waals surface area contributed by atoms with Gasteiger partial charge in [0.15, 0.2) is 11.6 Å². The second kappa shape index (κ2) is 8.95. The normalized spacial score (nSPS) is 11.2. The summed E-state index contributed by atoms with van der Waals surface area (Å²) in [6.45, 7) is 0.0641. The third-order valence-electron chi connectivity index (χ3n) is 5.32. The minimum Gasteiger partial charge on any atom is -0.392 e. The van der Waals surface area contributed by atoms with Crippen molar-refractivity contribution >= 4 is 11.6 Å². The zero-order valence-corrected chi connectivity index (χ0v) is 17.7. The molecule has 2 N–H and O–H groups in total. The maximum absolute atomic E-state index is 13.5. The number of aliphatic hydroxyl groups excluding tert-OH is 1. The number of rotatable bonds is 6. The highest BCUT2D eigenvalue weighted by molar-refractivity contribution is 5.80. The molecule has 0 saturated heterocycles. The van der Waals surface area contributed by atoms with Gasteiger partial charge in [-0.15, -0.1) is 0 Å². The first-order valence-corrected chi connectivity index (χ1v) is 10.4. The molecule has 9 heteroatoms. The Hall–Kier alpha value is -4.24. The first kappa shape index (κ1) is 21.6. The molecule has 5 rings (SSSR count). The molecular formula is C25H18F3N5O. The summed E-state index contributed by atoms with van der Waals surface area (Å²) in [6.07, 6.45) is 3.36. The van der Waals surface area contributed by atoms with Crippen molar-refractivity contribution in [1.29, 1.82) is 0 Å². The van der Waals surface area contributed by atoms with Crippen LogP contribution in [0.2, 0.25) is 0 Å². The summed E-state index contributed by atoms with van der Waals surface area (Å²) in [6, 6.07) is 14.9. The van der Waals surface area contributed by atoms with Gasteiger partial charge in [-0.2, -0.15) is 0 Å². The number of benzene rings is 2. The molecule has 0 fully saturated rings. The molecule has 34 heavy (non-hydrogen) atoms. The molecule has 0 aliphatic rings. The molecule has 5 aromatic rings. The summed E-state index contributed by atoms with van der Waals surface area (Å²) < 4.78 is 42.0. The van der Waals surface area contributed by atoms with Crippen LogP contribution in [0.3, 0.4) is 0 Å². The largest absolute Gasteiger partial charge is 0.392 e. The van der Waals surface area contributed by atoms with Crippen LogP contribution in [0.4, 0.5) is 19.1 Å². The van der Waals surface area contributed by atoms with Gasteiger partial charge in [0.2, 0.25) is 5.95 Å². The third kappa shape index (κ3) is 4.20. The Bertz CT molecular complexity index is 1480. The van der Waals surface area contributed by atoms with E-state index in [1.165, 1.54) is 18.2 Å². The fourth-order valence-corrected chi connectivity index (χ4v) is 3.65. The molecule has 0 aliphatic heterocycles. The Morgan fingerprint density at radius 3 is 2.44 bits per heavy atom. The van der Waals surface area contributed by atoms with E-state index >= 15 is 0 Å². The average Bonchev–Trinajstić information content (AvgIpc) is 3.24. The van der Waals surface area contributed by atoms with Crippen molar-refractivity contribution in [3.05, 3.63) is 102 Å². The van der Waals surface area contributed by atoms with Crippen LogP contribution in [0.5, 0.6) is 0 Å². The highest BCUT2D eigenvalue weighted by Gasteiger charge is 2.18. The summed E-state index contributed by atoms with van der Waals surface area (Å²) in [4.78, 5) is 13.5. The number of fused-ring (bicyclic) bond motifs is 1. The predicted molar refractivity (Wildman–Crippen MR) is 121 cm³/mol. The van der Waals surface area contributed by atoms with Crippen molar-refractivity contribution in [2.24, 2.45) is 0 Å². The highest BCUT2D eigenvalue weighted by Crippen LogP contribution is 2.32. The van der Waals surface area contributed by atoms with Crippen molar-refractivity contribution in [2.45, 2.75) is 13.2 Å². The maximum Gasteiger partial charge on any atom is 0.223 e. The molecule has 2 aromatic carbocycles.